The molecule has 1 aromatic carbocycles. The molecule has 1 nitrogen and oxygen atoms in total. The van der Waals surface area contributed by atoms with Gasteiger partial charge in [0.1, 0.15) is 0 Å². The van der Waals surface area contributed by atoms with Crippen LogP contribution in [-0.4, -0.2) is 5.11 Å². The van der Waals surface area contributed by atoms with Gasteiger partial charge in [-0.25, -0.2) is 0 Å². The van der Waals surface area contributed by atoms with Gasteiger partial charge in [-0.1, -0.05) is 41.1 Å². The summed E-state index contributed by atoms with van der Waals surface area (Å²) in [6.07, 6.45) is 2.42. The maximum absolute atomic E-state index is 10.8. The summed E-state index contributed by atoms with van der Waals surface area (Å²) < 4.78 is 1.02. The summed E-state index contributed by atoms with van der Waals surface area (Å²) >= 11 is 5.22. The molecule has 1 N–H and O–H groups in total. The van der Waals surface area contributed by atoms with Gasteiger partial charge in [0.15, 0.2) is 0 Å². The largest absolute Gasteiger partial charge is 0.385 e. The summed E-state index contributed by atoms with van der Waals surface area (Å²) in [6, 6.07) is 12.2. The van der Waals surface area contributed by atoms with Gasteiger partial charge in [-0.05, 0) is 48.4 Å². The highest BCUT2D eigenvalue weighted by Crippen LogP contribution is 2.32. The Bertz CT molecular complexity index is 495. The molecule has 2 aromatic rings. The lowest BCUT2D eigenvalue weighted by atomic mass is 9.86. The molecule has 0 radical (unpaired) electrons. The van der Waals surface area contributed by atoms with Crippen LogP contribution in [-0.2, 0) is 12.0 Å². The van der Waals surface area contributed by atoms with Gasteiger partial charge in [0.05, 0.1) is 5.60 Å². The van der Waals surface area contributed by atoms with E-state index in [0.717, 1.165) is 29.3 Å². The number of thiophene rings is 1. The van der Waals surface area contributed by atoms with Crippen molar-refractivity contribution in [1.82, 2.24) is 0 Å². The summed E-state index contributed by atoms with van der Waals surface area (Å²) in [5.41, 5.74) is 0.268. The third kappa shape index (κ3) is 3.22. The molecular formula is C15H17BrOS. The first-order valence-electron chi connectivity index (χ1n) is 6.15. The van der Waals surface area contributed by atoms with E-state index in [4.69, 9.17) is 0 Å². The molecule has 0 aliphatic rings. The molecule has 0 aliphatic carbocycles. The number of aliphatic hydroxyl groups is 1. The van der Waals surface area contributed by atoms with Crippen LogP contribution in [0.25, 0.3) is 0 Å². The van der Waals surface area contributed by atoms with Crippen LogP contribution in [0, 0.1) is 0 Å². The van der Waals surface area contributed by atoms with Gasteiger partial charge in [0, 0.05) is 9.35 Å². The molecule has 3 heteroatoms. The molecule has 96 valence electrons. The molecule has 0 saturated carbocycles. The minimum absolute atomic E-state index is 0.728. The Labute approximate surface area is 121 Å². The summed E-state index contributed by atoms with van der Waals surface area (Å²) in [5, 5.41) is 12.9. The number of hydrogen-bond acceptors (Lipinski definition) is 2. The van der Waals surface area contributed by atoms with E-state index < -0.39 is 5.60 Å². The summed E-state index contributed by atoms with van der Waals surface area (Å²) in [5.74, 6) is 0. The topological polar surface area (TPSA) is 20.2 Å². The van der Waals surface area contributed by atoms with Gasteiger partial charge in [-0.2, -0.15) is 0 Å². The van der Waals surface area contributed by atoms with Crippen LogP contribution in [0.3, 0.4) is 0 Å². The third-order valence-corrected chi connectivity index (χ3v) is 4.74. The second-order valence-corrected chi connectivity index (χ2v) is 6.42. The monoisotopic (exact) mass is 324 g/mol. The van der Waals surface area contributed by atoms with E-state index in [-0.39, 0.29) is 0 Å². The fourth-order valence-electron chi connectivity index (χ4n) is 2.09. The second-order valence-electron chi connectivity index (χ2n) is 4.47. The Hall–Kier alpha value is -0.640. The van der Waals surface area contributed by atoms with Crippen molar-refractivity contribution in [1.29, 1.82) is 0 Å². The summed E-state index contributed by atoms with van der Waals surface area (Å²) in [7, 11) is 0. The molecule has 0 bridgehead atoms. The van der Waals surface area contributed by atoms with Crippen molar-refractivity contribution in [2.45, 2.75) is 31.8 Å². The Kier molecular flexibility index (Phi) is 4.60. The summed E-state index contributed by atoms with van der Waals surface area (Å²) in [4.78, 5) is 1.33. The molecule has 0 amide bonds. The van der Waals surface area contributed by atoms with Crippen LogP contribution >= 0.6 is 27.3 Å². The fourth-order valence-corrected chi connectivity index (χ4v) is 3.20. The molecule has 1 aromatic heterocycles. The van der Waals surface area contributed by atoms with Crippen molar-refractivity contribution in [2.75, 3.05) is 0 Å². The second kappa shape index (κ2) is 6.00. The van der Waals surface area contributed by atoms with Crippen LogP contribution in [0.5, 0.6) is 0 Å². The van der Waals surface area contributed by atoms with E-state index in [9.17, 15) is 5.11 Å². The first-order chi connectivity index (χ1) is 8.64. The molecule has 1 heterocycles. The predicted molar refractivity (Wildman–Crippen MR) is 81.0 cm³/mol. The van der Waals surface area contributed by atoms with Crippen LogP contribution in [0.1, 0.15) is 30.2 Å². The SMILES string of the molecule is CCC(O)(CCc1cccs1)c1cccc(Br)c1. The van der Waals surface area contributed by atoms with E-state index in [1.54, 1.807) is 11.3 Å². The van der Waals surface area contributed by atoms with Crippen LogP contribution in [0.15, 0.2) is 46.3 Å². The number of benzene rings is 1. The zero-order valence-corrected chi connectivity index (χ0v) is 12.8. The average Bonchev–Trinajstić information content (AvgIpc) is 2.89. The van der Waals surface area contributed by atoms with Crippen molar-refractivity contribution >= 4 is 27.3 Å². The van der Waals surface area contributed by atoms with Crippen molar-refractivity contribution in [3.8, 4) is 0 Å². The Morgan fingerprint density at radius 2 is 2.11 bits per heavy atom. The normalized spacial score (nSPS) is 14.4. The molecular weight excluding hydrogens is 308 g/mol. The lowest BCUT2D eigenvalue weighted by Crippen LogP contribution is -2.25. The zero-order chi connectivity index (χ0) is 13.0. The third-order valence-electron chi connectivity index (χ3n) is 3.31. The molecule has 1 atom stereocenters. The maximum Gasteiger partial charge on any atom is 0.0897 e. The molecule has 2 rings (SSSR count). The van der Waals surface area contributed by atoms with E-state index in [0.29, 0.717) is 0 Å². The molecule has 18 heavy (non-hydrogen) atoms. The number of hydrogen-bond donors (Lipinski definition) is 1. The molecule has 0 fully saturated rings. The van der Waals surface area contributed by atoms with Gasteiger partial charge in [-0.15, -0.1) is 11.3 Å². The van der Waals surface area contributed by atoms with Crippen molar-refractivity contribution < 1.29 is 5.11 Å². The van der Waals surface area contributed by atoms with Crippen molar-refractivity contribution in [2.24, 2.45) is 0 Å². The minimum Gasteiger partial charge on any atom is -0.385 e. The highest BCUT2D eigenvalue weighted by atomic mass is 79.9. The van der Waals surface area contributed by atoms with E-state index >= 15 is 0 Å². The highest BCUT2D eigenvalue weighted by molar-refractivity contribution is 9.10. The van der Waals surface area contributed by atoms with Crippen LogP contribution in [0.2, 0.25) is 0 Å². The van der Waals surface area contributed by atoms with E-state index in [1.807, 2.05) is 31.2 Å². The lowest BCUT2D eigenvalue weighted by Gasteiger charge is -2.27. The van der Waals surface area contributed by atoms with Crippen molar-refractivity contribution in [3.63, 3.8) is 0 Å². The van der Waals surface area contributed by atoms with Gasteiger partial charge < -0.3 is 5.11 Å². The Morgan fingerprint density at radius 3 is 2.72 bits per heavy atom. The highest BCUT2D eigenvalue weighted by Gasteiger charge is 2.26. The van der Waals surface area contributed by atoms with Gasteiger partial charge >= 0.3 is 0 Å². The molecule has 0 aliphatic heterocycles. The quantitative estimate of drug-likeness (QED) is 0.842. The van der Waals surface area contributed by atoms with Crippen LogP contribution < -0.4 is 0 Å². The number of rotatable bonds is 5. The van der Waals surface area contributed by atoms with Gasteiger partial charge in [-0.3, -0.25) is 0 Å². The molecule has 1 unspecified atom stereocenters. The maximum atomic E-state index is 10.8. The van der Waals surface area contributed by atoms with Gasteiger partial charge in [0.2, 0.25) is 0 Å². The van der Waals surface area contributed by atoms with E-state index in [2.05, 4.69) is 33.4 Å². The lowest BCUT2D eigenvalue weighted by molar-refractivity contribution is 0.0238. The Balaban J connectivity index is 2.14. The zero-order valence-electron chi connectivity index (χ0n) is 10.4. The van der Waals surface area contributed by atoms with E-state index in [1.165, 1.54) is 4.88 Å². The first kappa shape index (κ1) is 13.8. The average molecular weight is 325 g/mol. The van der Waals surface area contributed by atoms with Crippen LogP contribution in [0.4, 0.5) is 0 Å². The molecule has 0 saturated heterocycles. The predicted octanol–water partition coefficient (Wildman–Crippen LogP) is 4.74. The standard InChI is InChI=1S/C15H17BrOS/c1-2-15(17,9-8-14-7-4-10-18-14)12-5-3-6-13(16)11-12/h3-7,10-11,17H,2,8-9H2,1H3. The number of aryl methyl sites for hydroxylation is 1. The Morgan fingerprint density at radius 1 is 1.28 bits per heavy atom. The van der Waals surface area contributed by atoms with Gasteiger partial charge in [0.25, 0.3) is 0 Å². The molecule has 0 spiro atoms. The first-order valence-corrected chi connectivity index (χ1v) is 7.82. The number of halogens is 1. The fraction of sp³-hybridized carbons (Fsp3) is 0.333. The van der Waals surface area contributed by atoms with Crippen molar-refractivity contribution in [3.05, 3.63) is 56.7 Å². The smallest absolute Gasteiger partial charge is 0.0897 e. The minimum atomic E-state index is -0.728. The summed E-state index contributed by atoms with van der Waals surface area (Å²) in [6.45, 7) is 2.04.